The van der Waals surface area contributed by atoms with Crippen LogP contribution in [0.5, 0.6) is 0 Å². The van der Waals surface area contributed by atoms with E-state index in [4.69, 9.17) is 5.73 Å². The van der Waals surface area contributed by atoms with Crippen LogP contribution in [0, 0.1) is 11.7 Å². The molecule has 1 aromatic carbocycles. The fourth-order valence-electron chi connectivity index (χ4n) is 2.58. The van der Waals surface area contributed by atoms with Gasteiger partial charge >= 0.3 is 0 Å². The highest BCUT2D eigenvalue weighted by Crippen LogP contribution is 2.38. The molecule has 2 N–H and O–H groups in total. The van der Waals surface area contributed by atoms with Gasteiger partial charge in [-0.05, 0) is 42.5 Å². The number of halogens is 1. The predicted molar refractivity (Wildman–Crippen MR) is 73.9 cm³/mol. The summed E-state index contributed by atoms with van der Waals surface area (Å²) in [6, 6.07) is 10.4. The minimum Gasteiger partial charge on any atom is -0.322 e. The molecule has 1 atom stereocenters. The Labute approximate surface area is 112 Å². The van der Waals surface area contributed by atoms with Crippen LogP contribution in [0.15, 0.2) is 42.6 Å². The zero-order valence-electron chi connectivity index (χ0n) is 10.7. The summed E-state index contributed by atoms with van der Waals surface area (Å²) < 4.78 is 13.0. The Balaban J connectivity index is 1.98. The molecular formula is C16H17FN2. The number of nitrogens with two attached hydrogens (primary N) is 1. The van der Waals surface area contributed by atoms with E-state index < -0.39 is 0 Å². The first kappa shape index (κ1) is 12.3. The number of hydrogen-bond acceptors (Lipinski definition) is 2. The van der Waals surface area contributed by atoms with E-state index in [-0.39, 0.29) is 11.9 Å². The van der Waals surface area contributed by atoms with Crippen molar-refractivity contribution in [3.8, 4) is 11.1 Å². The van der Waals surface area contributed by atoms with Crippen LogP contribution in [-0.4, -0.2) is 4.98 Å². The maximum atomic E-state index is 13.0. The molecular weight excluding hydrogens is 239 g/mol. The van der Waals surface area contributed by atoms with Crippen LogP contribution in [0.1, 0.15) is 31.0 Å². The lowest BCUT2D eigenvalue weighted by atomic mass is 9.78. The molecule has 0 saturated heterocycles. The lowest BCUT2D eigenvalue weighted by molar-refractivity contribution is 0.261. The lowest BCUT2D eigenvalue weighted by Crippen LogP contribution is -2.28. The smallest absolute Gasteiger partial charge is 0.123 e. The quantitative estimate of drug-likeness (QED) is 0.909. The Bertz CT molecular complexity index is 561. The van der Waals surface area contributed by atoms with E-state index in [9.17, 15) is 4.39 Å². The summed E-state index contributed by atoms with van der Waals surface area (Å²) in [5.74, 6) is 0.312. The van der Waals surface area contributed by atoms with Gasteiger partial charge in [0.25, 0.3) is 0 Å². The minimum atomic E-state index is -0.225. The predicted octanol–water partition coefficient (Wildman–Crippen LogP) is 3.69. The van der Waals surface area contributed by atoms with Crippen LogP contribution >= 0.6 is 0 Å². The van der Waals surface area contributed by atoms with Crippen molar-refractivity contribution in [1.29, 1.82) is 0 Å². The molecule has 0 aliphatic heterocycles. The van der Waals surface area contributed by atoms with Crippen molar-refractivity contribution in [1.82, 2.24) is 4.98 Å². The van der Waals surface area contributed by atoms with E-state index in [0.717, 1.165) is 16.8 Å². The topological polar surface area (TPSA) is 38.9 Å². The second-order valence-corrected chi connectivity index (χ2v) is 5.16. The Morgan fingerprint density at radius 1 is 1.16 bits per heavy atom. The highest BCUT2D eigenvalue weighted by molar-refractivity contribution is 5.66. The fourth-order valence-corrected chi connectivity index (χ4v) is 2.58. The van der Waals surface area contributed by atoms with Gasteiger partial charge in [-0.15, -0.1) is 0 Å². The Morgan fingerprint density at radius 2 is 1.89 bits per heavy atom. The first-order valence-corrected chi connectivity index (χ1v) is 6.72. The van der Waals surface area contributed by atoms with Gasteiger partial charge in [0, 0.05) is 11.8 Å². The van der Waals surface area contributed by atoms with Crippen molar-refractivity contribution < 1.29 is 4.39 Å². The Hall–Kier alpha value is -1.74. The zero-order valence-corrected chi connectivity index (χ0v) is 10.7. The van der Waals surface area contributed by atoms with Crippen molar-refractivity contribution in [2.24, 2.45) is 11.7 Å². The van der Waals surface area contributed by atoms with Crippen LogP contribution in [-0.2, 0) is 0 Å². The summed E-state index contributed by atoms with van der Waals surface area (Å²) in [6.45, 7) is 0. The summed E-state index contributed by atoms with van der Waals surface area (Å²) in [5.41, 5.74) is 9.25. The van der Waals surface area contributed by atoms with Crippen LogP contribution in [0.3, 0.4) is 0 Å². The second-order valence-electron chi connectivity index (χ2n) is 5.16. The number of hydrogen-bond donors (Lipinski definition) is 1. The van der Waals surface area contributed by atoms with Crippen LogP contribution in [0.2, 0.25) is 0 Å². The van der Waals surface area contributed by atoms with Gasteiger partial charge in [-0.3, -0.25) is 4.98 Å². The van der Waals surface area contributed by atoms with Crippen molar-refractivity contribution in [3.63, 3.8) is 0 Å². The van der Waals surface area contributed by atoms with Gasteiger partial charge in [0.1, 0.15) is 5.82 Å². The molecule has 2 nitrogen and oxygen atoms in total. The second kappa shape index (κ2) is 5.10. The maximum absolute atomic E-state index is 13.0. The minimum absolute atomic E-state index is 0.0185. The summed E-state index contributed by atoms with van der Waals surface area (Å²) in [5, 5.41) is 0. The molecule has 1 saturated carbocycles. The molecule has 0 radical (unpaired) electrons. The largest absolute Gasteiger partial charge is 0.322 e. The van der Waals surface area contributed by atoms with E-state index in [2.05, 4.69) is 4.98 Å². The van der Waals surface area contributed by atoms with E-state index in [1.54, 1.807) is 18.3 Å². The fraction of sp³-hybridized carbons (Fsp3) is 0.312. The first-order chi connectivity index (χ1) is 9.25. The van der Waals surface area contributed by atoms with Crippen molar-refractivity contribution in [3.05, 3.63) is 54.1 Å². The van der Waals surface area contributed by atoms with Crippen molar-refractivity contribution >= 4 is 0 Å². The van der Waals surface area contributed by atoms with Crippen molar-refractivity contribution in [2.75, 3.05) is 0 Å². The molecule has 1 aromatic heterocycles. The maximum Gasteiger partial charge on any atom is 0.123 e. The molecule has 0 amide bonds. The number of nitrogens with zero attached hydrogens (tertiary/aromatic N) is 1. The van der Waals surface area contributed by atoms with Crippen LogP contribution < -0.4 is 5.73 Å². The molecule has 98 valence electrons. The zero-order chi connectivity index (χ0) is 13.2. The monoisotopic (exact) mass is 256 g/mol. The molecule has 0 spiro atoms. The third-order valence-corrected chi connectivity index (χ3v) is 3.97. The Morgan fingerprint density at radius 3 is 2.53 bits per heavy atom. The molecule has 2 aromatic rings. The van der Waals surface area contributed by atoms with Crippen LogP contribution in [0.4, 0.5) is 4.39 Å². The summed E-state index contributed by atoms with van der Waals surface area (Å²) in [7, 11) is 0. The third-order valence-electron chi connectivity index (χ3n) is 3.97. The van der Waals surface area contributed by atoms with Gasteiger partial charge in [0.2, 0.25) is 0 Å². The van der Waals surface area contributed by atoms with Crippen LogP contribution in [0.25, 0.3) is 11.1 Å². The van der Waals surface area contributed by atoms with E-state index in [1.807, 2.05) is 12.1 Å². The first-order valence-electron chi connectivity index (χ1n) is 6.72. The van der Waals surface area contributed by atoms with E-state index in [1.165, 1.54) is 31.4 Å². The average molecular weight is 256 g/mol. The summed E-state index contributed by atoms with van der Waals surface area (Å²) in [6.07, 6.45) is 5.40. The highest BCUT2D eigenvalue weighted by Gasteiger charge is 2.28. The molecule has 3 heteroatoms. The Kier molecular flexibility index (Phi) is 3.30. The normalized spacial score (nSPS) is 16.9. The number of aromatic nitrogens is 1. The molecule has 1 aliphatic rings. The number of benzene rings is 1. The summed E-state index contributed by atoms with van der Waals surface area (Å²) >= 11 is 0. The van der Waals surface area contributed by atoms with E-state index in [0.29, 0.717) is 5.92 Å². The van der Waals surface area contributed by atoms with Gasteiger partial charge in [-0.1, -0.05) is 24.6 Å². The third kappa shape index (κ3) is 2.38. The van der Waals surface area contributed by atoms with E-state index >= 15 is 0 Å². The molecule has 19 heavy (non-hydrogen) atoms. The van der Waals surface area contributed by atoms with Gasteiger partial charge in [-0.2, -0.15) is 0 Å². The van der Waals surface area contributed by atoms with Gasteiger partial charge in [-0.25, -0.2) is 4.39 Å². The number of rotatable bonds is 3. The standard InChI is InChI=1S/C16H17FN2/c17-13-8-6-11(7-9-13)14-5-2-10-19-16(14)15(18)12-3-1-4-12/h2,5-10,12,15H,1,3-4,18H2. The lowest BCUT2D eigenvalue weighted by Gasteiger charge is -2.31. The molecule has 3 rings (SSSR count). The number of pyridine rings is 1. The SMILES string of the molecule is NC(c1ncccc1-c1ccc(F)cc1)C1CCC1. The molecule has 1 unspecified atom stereocenters. The van der Waals surface area contributed by atoms with Gasteiger partial charge in [0.15, 0.2) is 0 Å². The molecule has 1 aliphatic carbocycles. The molecule has 1 heterocycles. The summed E-state index contributed by atoms with van der Waals surface area (Å²) in [4.78, 5) is 4.46. The molecule has 1 fully saturated rings. The highest BCUT2D eigenvalue weighted by atomic mass is 19.1. The molecule has 0 bridgehead atoms. The van der Waals surface area contributed by atoms with Gasteiger partial charge in [0.05, 0.1) is 11.7 Å². The average Bonchev–Trinajstić information content (AvgIpc) is 2.37. The van der Waals surface area contributed by atoms with Crippen molar-refractivity contribution in [2.45, 2.75) is 25.3 Å². The van der Waals surface area contributed by atoms with Gasteiger partial charge < -0.3 is 5.73 Å².